The molecule has 0 radical (unpaired) electrons. The van der Waals surface area contributed by atoms with E-state index in [2.05, 4.69) is 9.72 Å². The van der Waals surface area contributed by atoms with Crippen molar-refractivity contribution >= 4 is 11.8 Å². The molecular formula is C9H10F3N3O3. The molecule has 0 fully saturated rings. The molecule has 0 unspecified atom stereocenters. The molecule has 0 bridgehead atoms. The fourth-order valence-electron chi connectivity index (χ4n) is 1.34. The van der Waals surface area contributed by atoms with Crippen LogP contribution in [0.2, 0.25) is 0 Å². The van der Waals surface area contributed by atoms with Crippen molar-refractivity contribution < 1.29 is 27.8 Å². The van der Waals surface area contributed by atoms with Gasteiger partial charge < -0.3 is 21.3 Å². The fraction of sp³-hybridized carbons (Fsp3) is 0.333. The third-order valence-corrected chi connectivity index (χ3v) is 1.94. The van der Waals surface area contributed by atoms with E-state index in [4.69, 9.17) is 16.6 Å². The highest BCUT2D eigenvalue weighted by atomic mass is 19.4. The molecule has 1 rings (SSSR count). The van der Waals surface area contributed by atoms with Gasteiger partial charge in [-0.3, -0.25) is 4.79 Å². The second kappa shape index (κ2) is 5.08. The molecule has 0 saturated heterocycles. The Morgan fingerprint density at radius 2 is 2.11 bits per heavy atom. The van der Waals surface area contributed by atoms with Gasteiger partial charge in [0, 0.05) is 18.2 Å². The van der Waals surface area contributed by atoms with Crippen molar-refractivity contribution in [3.05, 3.63) is 17.3 Å². The van der Waals surface area contributed by atoms with Crippen molar-refractivity contribution in [3.8, 4) is 5.75 Å². The third-order valence-electron chi connectivity index (χ3n) is 1.94. The molecule has 0 atom stereocenters. The summed E-state index contributed by atoms with van der Waals surface area (Å²) in [5, 5.41) is 8.64. The van der Waals surface area contributed by atoms with Gasteiger partial charge in [0.05, 0.1) is 12.1 Å². The Morgan fingerprint density at radius 1 is 1.50 bits per heavy atom. The first-order chi connectivity index (χ1) is 8.23. The van der Waals surface area contributed by atoms with Crippen LogP contribution in [0.5, 0.6) is 5.75 Å². The number of pyridine rings is 1. The number of ether oxygens (including phenoxy) is 1. The van der Waals surface area contributed by atoms with E-state index in [1.54, 1.807) is 0 Å². The Morgan fingerprint density at radius 3 is 2.56 bits per heavy atom. The minimum atomic E-state index is -4.95. The van der Waals surface area contributed by atoms with E-state index < -0.39 is 24.5 Å². The number of nitrogens with two attached hydrogens (primary N) is 2. The van der Waals surface area contributed by atoms with Gasteiger partial charge in [-0.05, 0) is 0 Å². The lowest BCUT2D eigenvalue weighted by Crippen LogP contribution is -2.21. The van der Waals surface area contributed by atoms with Crippen molar-refractivity contribution in [2.45, 2.75) is 19.3 Å². The van der Waals surface area contributed by atoms with Crippen LogP contribution < -0.4 is 16.2 Å². The molecule has 0 aliphatic rings. The average molecular weight is 265 g/mol. The number of aliphatic carboxylic acids is 1. The zero-order valence-electron chi connectivity index (χ0n) is 8.99. The molecule has 0 spiro atoms. The van der Waals surface area contributed by atoms with Crippen LogP contribution in [-0.2, 0) is 17.8 Å². The van der Waals surface area contributed by atoms with E-state index in [1.807, 2.05) is 0 Å². The summed E-state index contributed by atoms with van der Waals surface area (Å²) in [6, 6.07) is 0.810. The normalized spacial score (nSPS) is 11.3. The molecule has 6 nitrogen and oxygen atoms in total. The molecule has 0 aromatic carbocycles. The Balaban J connectivity index is 3.27. The number of carbonyl (C=O) groups is 1. The lowest BCUT2D eigenvalue weighted by molar-refractivity contribution is -0.274. The van der Waals surface area contributed by atoms with Crippen LogP contribution in [0.4, 0.5) is 19.0 Å². The van der Waals surface area contributed by atoms with Crippen molar-refractivity contribution in [3.63, 3.8) is 0 Å². The number of halogens is 3. The first kappa shape index (κ1) is 14.0. The number of aromatic nitrogens is 1. The van der Waals surface area contributed by atoms with E-state index in [1.165, 1.54) is 0 Å². The molecule has 0 amide bonds. The van der Waals surface area contributed by atoms with Gasteiger partial charge in [-0.15, -0.1) is 13.2 Å². The molecule has 5 N–H and O–H groups in total. The molecule has 1 heterocycles. The lowest BCUT2D eigenvalue weighted by Gasteiger charge is -2.15. The van der Waals surface area contributed by atoms with Crippen LogP contribution >= 0.6 is 0 Å². The van der Waals surface area contributed by atoms with E-state index in [0.29, 0.717) is 0 Å². The number of hydrogen-bond acceptors (Lipinski definition) is 5. The van der Waals surface area contributed by atoms with Gasteiger partial charge in [-0.25, -0.2) is 4.98 Å². The predicted molar refractivity (Wildman–Crippen MR) is 54.6 cm³/mol. The van der Waals surface area contributed by atoms with E-state index in [0.717, 1.165) is 6.07 Å². The summed E-state index contributed by atoms with van der Waals surface area (Å²) >= 11 is 0. The van der Waals surface area contributed by atoms with Crippen LogP contribution in [0.3, 0.4) is 0 Å². The van der Waals surface area contributed by atoms with Crippen LogP contribution in [0.25, 0.3) is 0 Å². The summed E-state index contributed by atoms with van der Waals surface area (Å²) < 4.78 is 40.2. The summed E-state index contributed by atoms with van der Waals surface area (Å²) in [4.78, 5) is 14.3. The molecule has 100 valence electrons. The van der Waals surface area contributed by atoms with E-state index >= 15 is 0 Å². The van der Waals surface area contributed by atoms with Crippen molar-refractivity contribution in [1.82, 2.24) is 4.98 Å². The highest BCUT2D eigenvalue weighted by molar-refractivity contribution is 5.72. The van der Waals surface area contributed by atoms with Crippen LogP contribution in [0, 0.1) is 0 Å². The van der Waals surface area contributed by atoms with Crippen LogP contribution in [0.1, 0.15) is 11.3 Å². The summed E-state index contributed by atoms with van der Waals surface area (Å²) in [5.41, 5.74) is 10.3. The Kier molecular flexibility index (Phi) is 3.96. The number of anilines is 1. The number of hydrogen-bond donors (Lipinski definition) is 3. The number of nitrogens with zero attached hydrogens (tertiary/aromatic N) is 1. The van der Waals surface area contributed by atoms with Gasteiger partial charge in [0.2, 0.25) is 0 Å². The van der Waals surface area contributed by atoms with Crippen molar-refractivity contribution in [2.75, 3.05) is 5.73 Å². The minimum Gasteiger partial charge on any atom is -0.481 e. The second-order valence-corrected chi connectivity index (χ2v) is 3.29. The predicted octanol–water partition coefficient (Wildman–Crippen LogP) is 0.648. The van der Waals surface area contributed by atoms with Gasteiger partial charge in [-0.1, -0.05) is 0 Å². The molecule has 1 aromatic rings. The number of nitrogen functional groups attached to an aromatic ring is 1. The maximum atomic E-state index is 12.2. The van der Waals surface area contributed by atoms with E-state index in [9.17, 15) is 18.0 Å². The van der Waals surface area contributed by atoms with Gasteiger partial charge in [0.25, 0.3) is 0 Å². The summed E-state index contributed by atoms with van der Waals surface area (Å²) in [6.07, 6.45) is -5.64. The van der Waals surface area contributed by atoms with Crippen molar-refractivity contribution in [2.24, 2.45) is 5.73 Å². The lowest BCUT2D eigenvalue weighted by atomic mass is 10.1. The Hall–Kier alpha value is -2.03. The molecule has 1 aromatic heterocycles. The smallest absolute Gasteiger partial charge is 0.481 e. The fourth-order valence-corrected chi connectivity index (χ4v) is 1.34. The largest absolute Gasteiger partial charge is 0.573 e. The monoisotopic (exact) mass is 265 g/mol. The van der Waals surface area contributed by atoms with Crippen molar-refractivity contribution in [1.29, 1.82) is 0 Å². The molecule has 0 aliphatic heterocycles. The third kappa shape index (κ3) is 3.77. The first-order valence-electron chi connectivity index (χ1n) is 4.69. The zero-order chi connectivity index (χ0) is 13.9. The average Bonchev–Trinajstić information content (AvgIpc) is 2.18. The first-order valence-corrected chi connectivity index (χ1v) is 4.69. The summed E-state index contributed by atoms with van der Waals surface area (Å²) in [6.45, 7) is -0.248. The molecule has 0 saturated carbocycles. The number of carboxylic acids is 1. The Bertz CT molecular complexity index is 462. The molecular weight excluding hydrogens is 255 g/mol. The van der Waals surface area contributed by atoms with Gasteiger partial charge in [0.15, 0.2) is 0 Å². The summed E-state index contributed by atoms with van der Waals surface area (Å²) in [5.74, 6) is -2.26. The van der Waals surface area contributed by atoms with E-state index in [-0.39, 0.29) is 23.6 Å². The minimum absolute atomic E-state index is 0.0448. The van der Waals surface area contributed by atoms with Crippen LogP contribution in [0.15, 0.2) is 6.07 Å². The zero-order valence-corrected chi connectivity index (χ0v) is 8.99. The van der Waals surface area contributed by atoms with Gasteiger partial charge in [0.1, 0.15) is 11.6 Å². The standard InChI is InChI=1S/C9H10F3N3O3/c10-9(11,12)18-6-2-7(14)15-5(3-13)4(6)1-8(16)17/h2H,1,3,13H2,(H2,14,15)(H,16,17). The Labute approximate surface area is 99.4 Å². The maximum Gasteiger partial charge on any atom is 0.573 e. The number of carboxylic acid groups (broad SMARTS) is 1. The maximum absolute atomic E-state index is 12.2. The SMILES string of the molecule is NCc1nc(N)cc(OC(F)(F)F)c1CC(=O)O. The number of alkyl halides is 3. The highest BCUT2D eigenvalue weighted by Gasteiger charge is 2.33. The topological polar surface area (TPSA) is 111 Å². The molecule has 9 heteroatoms. The van der Waals surface area contributed by atoms with Gasteiger partial charge in [-0.2, -0.15) is 0 Å². The van der Waals surface area contributed by atoms with Crippen LogP contribution in [-0.4, -0.2) is 22.4 Å². The second-order valence-electron chi connectivity index (χ2n) is 3.29. The van der Waals surface area contributed by atoms with Gasteiger partial charge >= 0.3 is 12.3 Å². The highest BCUT2D eigenvalue weighted by Crippen LogP contribution is 2.30. The number of rotatable bonds is 4. The summed E-state index contributed by atoms with van der Waals surface area (Å²) in [7, 11) is 0. The molecule has 18 heavy (non-hydrogen) atoms. The quantitative estimate of drug-likeness (QED) is 0.736. The molecule has 0 aliphatic carbocycles.